The summed E-state index contributed by atoms with van der Waals surface area (Å²) in [5.74, 6) is 0. The van der Waals surface area contributed by atoms with E-state index in [0.717, 1.165) is 18.2 Å². The minimum absolute atomic E-state index is 0. The van der Waals surface area contributed by atoms with Gasteiger partial charge in [0.15, 0.2) is 0 Å². The number of pyridine rings is 1. The van der Waals surface area contributed by atoms with E-state index in [1.807, 2.05) is 83.1 Å². The first-order chi connectivity index (χ1) is 19.4. The molecule has 0 saturated heterocycles. The molecule has 0 aliphatic rings. The molecule has 1 aromatic carbocycles. The molecule has 0 aliphatic carbocycles. The summed E-state index contributed by atoms with van der Waals surface area (Å²) in [4.78, 5) is 3.92. The second-order valence-corrected chi connectivity index (χ2v) is 12.3. The second-order valence-electron chi connectivity index (χ2n) is 12.3. The molecule has 2 aromatic rings. The van der Waals surface area contributed by atoms with Crippen LogP contribution in [0.25, 0.3) is 0 Å². The first-order valence-electron chi connectivity index (χ1n) is 14.7. The molecule has 45 heavy (non-hydrogen) atoms. The molecule has 0 spiro atoms. The second kappa shape index (κ2) is 24.6. The molecule has 11 heteroatoms. The van der Waals surface area contributed by atoms with Crippen LogP contribution < -0.4 is 0 Å². The van der Waals surface area contributed by atoms with Crippen LogP contribution in [0.3, 0.4) is 0 Å². The molecule has 2 rings (SSSR count). The summed E-state index contributed by atoms with van der Waals surface area (Å²) in [5.41, 5.74) is -0.176. The van der Waals surface area contributed by atoms with Gasteiger partial charge in [-0.1, -0.05) is 129 Å². The van der Waals surface area contributed by atoms with Gasteiger partial charge in [-0.3, -0.25) is 4.98 Å². The van der Waals surface area contributed by atoms with Gasteiger partial charge in [0.25, 0.3) is 0 Å². The van der Waals surface area contributed by atoms with Crippen LogP contribution in [-0.4, -0.2) is 11.2 Å². The molecule has 0 unspecified atom stereocenters. The largest absolute Gasteiger partial charge is 0.416 e. The van der Waals surface area contributed by atoms with Gasteiger partial charge in [-0.05, 0) is 34.6 Å². The van der Waals surface area contributed by atoms with Gasteiger partial charge in [0, 0.05) is 45.3 Å². The fourth-order valence-electron chi connectivity index (χ4n) is 2.18. The number of hydrogen-bond donors (Lipinski definition) is 0. The minimum atomic E-state index is -4.29. The van der Waals surface area contributed by atoms with E-state index in [0.29, 0.717) is 16.7 Å². The summed E-state index contributed by atoms with van der Waals surface area (Å²) >= 11 is 0. The molecule has 0 fully saturated rings. The Kier molecular flexibility index (Phi) is 30.5. The molecule has 0 radical (unpaired) electrons. The summed E-state index contributed by atoms with van der Waals surface area (Å²) < 4.78 is 105. The molecule has 0 aliphatic heterocycles. The Morgan fingerprint density at radius 2 is 0.756 bits per heavy atom. The zero-order chi connectivity index (χ0) is 37.0. The van der Waals surface area contributed by atoms with E-state index in [9.17, 15) is 39.5 Å². The van der Waals surface area contributed by atoms with Crippen LogP contribution in [-0.2, 0) is 44.2 Å². The average molecular weight is 836 g/mol. The van der Waals surface area contributed by atoms with Crippen LogP contribution in [0.5, 0.6) is 0 Å². The molecule has 1 aromatic heterocycles. The van der Waals surface area contributed by atoms with Crippen molar-refractivity contribution in [1.29, 1.82) is 0 Å². The molecule has 1 heterocycles. The van der Waals surface area contributed by atoms with E-state index in [4.69, 9.17) is 0 Å². The quantitative estimate of drug-likeness (QED) is 0.241. The molecule has 0 saturated carbocycles. The van der Waals surface area contributed by atoms with Crippen LogP contribution in [0.2, 0.25) is 0 Å². The number of rotatable bonds is 0. The van der Waals surface area contributed by atoms with E-state index in [2.05, 4.69) is 32.7 Å². The van der Waals surface area contributed by atoms with E-state index in [1.54, 1.807) is 6.07 Å². The van der Waals surface area contributed by atoms with Crippen molar-refractivity contribution < 1.29 is 60.6 Å². The summed E-state index contributed by atoms with van der Waals surface area (Å²) in [5, 5.41) is 0. The van der Waals surface area contributed by atoms with Gasteiger partial charge in [0.2, 0.25) is 0 Å². The minimum Gasteiger partial charge on any atom is -0.261 e. The summed E-state index contributed by atoms with van der Waals surface area (Å²) in [6.45, 7) is 32.1. The van der Waals surface area contributed by atoms with Crippen molar-refractivity contribution in [1.82, 2.24) is 4.98 Å². The first-order valence-corrected chi connectivity index (χ1v) is 14.7. The van der Waals surface area contributed by atoms with Gasteiger partial charge in [0.05, 0.1) is 11.1 Å². The van der Waals surface area contributed by atoms with Gasteiger partial charge in [-0.15, -0.1) is 0 Å². The normalized spacial score (nSPS) is 11.2. The Morgan fingerprint density at radius 3 is 1.02 bits per heavy atom. The average Bonchev–Trinajstić information content (AvgIpc) is 2.84. The van der Waals surface area contributed by atoms with Gasteiger partial charge < -0.3 is 0 Å². The van der Waals surface area contributed by atoms with Crippen molar-refractivity contribution in [3.8, 4) is 0 Å². The predicted molar refractivity (Wildman–Crippen MR) is 169 cm³/mol. The van der Waals surface area contributed by atoms with Crippen molar-refractivity contribution >= 4 is 0 Å². The fourth-order valence-corrected chi connectivity index (χ4v) is 2.18. The van der Waals surface area contributed by atoms with E-state index in [1.165, 1.54) is 18.3 Å². The summed E-state index contributed by atoms with van der Waals surface area (Å²) in [7, 11) is 0. The summed E-state index contributed by atoms with van der Waals surface area (Å²) in [6, 6.07) is 7.54. The van der Waals surface area contributed by atoms with E-state index < -0.39 is 29.7 Å². The third-order valence-electron chi connectivity index (χ3n) is 3.91. The Balaban J connectivity index is -0.000000114. The van der Waals surface area contributed by atoms with Crippen molar-refractivity contribution in [2.45, 2.75) is 147 Å². The van der Waals surface area contributed by atoms with E-state index in [-0.39, 0.29) is 38.8 Å². The molecule has 0 atom stereocenters. The van der Waals surface area contributed by atoms with Crippen molar-refractivity contribution in [2.75, 3.05) is 0 Å². The molecule has 0 N–H and O–H groups in total. The van der Waals surface area contributed by atoms with Gasteiger partial charge in [0.1, 0.15) is 0 Å². The number of nitrogens with zero attached hydrogens (tertiary/aromatic N) is 1. The zero-order valence-electron chi connectivity index (χ0n) is 30.3. The monoisotopic (exact) mass is 835 g/mol. The first kappa shape index (κ1) is 55.8. The van der Waals surface area contributed by atoms with Gasteiger partial charge in [-0.2, -0.15) is 39.5 Å². The fraction of sp³-hybridized carbons (Fsp3) is 0.676. The zero-order valence-corrected chi connectivity index (χ0v) is 33.2. The number of hydrogen-bond acceptors (Lipinski definition) is 1. The predicted octanol–water partition coefficient (Wildman–Crippen LogP) is 14.1. The molecule has 268 valence electrons. The van der Waals surface area contributed by atoms with Crippen molar-refractivity contribution in [3.05, 3.63) is 65.0 Å². The van der Waals surface area contributed by atoms with Crippen LogP contribution in [0, 0.1) is 5.41 Å². The number of halogens is 9. The maximum Gasteiger partial charge on any atom is 0.416 e. The Labute approximate surface area is 282 Å². The maximum atomic E-state index is 12.4. The van der Waals surface area contributed by atoms with Crippen molar-refractivity contribution in [3.63, 3.8) is 0 Å². The van der Waals surface area contributed by atoms with Crippen LogP contribution in [0.15, 0.2) is 42.6 Å². The van der Waals surface area contributed by atoms with E-state index >= 15 is 0 Å². The SMILES string of the molecule is CC.CC.CC.CC(C)(C)C.CC(C)(C)c1cc(C(F)(F)F)ccn1.CC(C)(C)c1cccc(C(F)(F)F)c1.CC(F)(F)F.[W]. The van der Waals surface area contributed by atoms with Crippen LogP contribution in [0.1, 0.15) is 140 Å². The third-order valence-corrected chi connectivity index (χ3v) is 3.91. The number of alkyl halides is 9. The number of aromatic nitrogens is 1. The molecular weight excluding hydrogens is 777 g/mol. The molecule has 0 amide bonds. The Hall–Kier alpha value is -1.57. The topological polar surface area (TPSA) is 12.9 Å². The number of benzene rings is 1. The van der Waals surface area contributed by atoms with Crippen LogP contribution in [0.4, 0.5) is 39.5 Å². The standard InChI is InChI=1S/C11H13F3.C10H12F3N.C5H12.C2H3F3.3C2H6.W/c1-10(2,3)8-5-4-6-9(7-8)11(12,13)14;1-9(2,3)8-6-7(4-5-14-8)10(11,12)13;1-5(2,3)4;1-2(3,4)5;3*1-2;/h4-7H,1-3H3;4-6H,1-3H3;1-4H3;1H3;3*1-2H3;. The molecule has 1 nitrogen and oxygen atoms in total. The maximum absolute atomic E-state index is 12.4. The van der Waals surface area contributed by atoms with Gasteiger partial charge >= 0.3 is 18.5 Å². The molecular formula is C34H58F9NW. The van der Waals surface area contributed by atoms with Crippen molar-refractivity contribution in [2.24, 2.45) is 5.41 Å². The Morgan fingerprint density at radius 1 is 0.467 bits per heavy atom. The third kappa shape index (κ3) is 38.5. The smallest absolute Gasteiger partial charge is 0.261 e. The summed E-state index contributed by atoms with van der Waals surface area (Å²) in [6.07, 6.45) is -11.3. The van der Waals surface area contributed by atoms with Gasteiger partial charge in [-0.25, -0.2) is 0 Å². The Bertz CT molecular complexity index is 810. The molecule has 0 bridgehead atoms. The van der Waals surface area contributed by atoms with Crippen LogP contribution >= 0.6 is 0 Å².